The van der Waals surface area contributed by atoms with E-state index in [1.165, 1.54) is 6.07 Å². The van der Waals surface area contributed by atoms with E-state index in [2.05, 4.69) is 20.0 Å². The Labute approximate surface area is 210 Å². The van der Waals surface area contributed by atoms with Crippen LogP contribution in [0.4, 0.5) is 23.2 Å². The number of hydrogen-bond donors (Lipinski definition) is 0. The normalized spacial score (nSPS) is 21.6. The van der Waals surface area contributed by atoms with Crippen molar-refractivity contribution in [2.45, 2.75) is 32.0 Å². The van der Waals surface area contributed by atoms with Crippen LogP contribution in [-0.4, -0.2) is 46.1 Å². The first-order valence-electron chi connectivity index (χ1n) is 11.6. The summed E-state index contributed by atoms with van der Waals surface area (Å²) in [5.74, 6) is 1.04. The third-order valence-electron chi connectivity index (χ3n) is 6.80. The fourth-order valence-corrected chi connectivity index (χ4v) is 5.51. The number of anilines is 1. The maximum Gasteiger partial charge on any atom is 0.408 e. The number of alkyl halides is 3. The molecule has 192 valence electrons. The Morgan fingerprint density at radius 1 is 1.11 bits per heavy atom. The van der Waals surface area contributed by atoms with Crippen LogP contribution < -0.4 is 14.4 Å². The number of pyridine rings is 1. The van der Waals surface area contributed by atoms with Gasteiger partial charge in [0.2, 0.25) is 5.88 Å². The van der Waals surface area contributed by atoms with Crippen LogP contribution in [0.15, 0.2) is 36.5 Å². The van der Waals surface area contributed by atoms with Crippen LogP contribution in [0.3, 0.4) is 0 Å². The topological polar surface area (TPSA) is 65.3 Å². The summed E-state index contributed by atoms with van der Waals surface area (Å²) in [5, 5.41) is 4.18. The van der Waals surface area contributed by atoms with E-state index in [-0.39, 0.29) is 28.5 Å². The van der Waals surface area contributed by atoms with Crippen LogP contribution in [0, 0.1) is 23.6 Å². The summed E-state index contributed by atoms with van der Waals surface area (Å²) >= 11 is 5.85. The molecule has 1 aliphatic carbocycles. The lowest BCUT2D eigenvalue weighted by atomic mass is 9.82. The minimum Gasteiger partial charge on any atom is -0.481 e. The largest absolute Gasteiger partial charge is 0.481 e. The zero-order valence-electron chi connectivity index (χ0n) is 19.4. The number of aromatic nitrogens is 4. The van der Waals surface area contributed by atoms with Gasteiger partial charge in [-0.3, -0.25) is 0 Å². The van der Waals surface area contributed by atoms with Crippen LogP contribution in [0.25, 0.3) is 0 Å². The van der Waals surface area contributed by atoms with Crippen molar-refractivity contribution in [3.63, 3.8) is 0 Å². The molecule has 5 rings (SSSR count). The van der Waals surface area contributed by atoms with Crippen LogP contribution in [-0.2, 0) is 13.0 Å². The molecule has 1 saturated heterocycles. The van der Waals surface area contributed by atoms with Crippen LogP contribution in [0.5, 0.6) is 17.6 Å². The molecule has 1 saturated carbocycles. The van der Waals surface area contributed by atoms with E-state index in [1.54, 1.807) is 13.3 Å². The lowest BCUT2D eigenvalue weighted by molar-refractivity contribution is -0.143. The predicted octanol–water partition coefficient (Wildman–Crippen LogP) is 5.53. The van der Waals surface area contributed by atoms with E-state index in [0.717, 1.165) is 43.8 Å². The lowest BCUT2D eigenvalue weighted by Crippen LogP contribution is -2.42. The van der Waals surface area contributed by atoms with Gasteiger partial charge in [0.1, 0.15) is 18.1 Å². The summed E-state index contributed by atoms with van der Waals surface area (Å²) in [4.78, 5) is 10.7. The third kappa shape index (κ3) is 5.50. The van der Waals surface area contributed by atoms with E-state index in [1.807, 2.05) is 12.1 Å². The molecular formula is C24H24ClF4N5O2. The molecular weight excluding hydrogens is 502 g/mol. The second-order valence-corrected chi connectivity index (χ2v) is 9.65. The number of nitrogens with zero attached hydrogens (tertiary/aromatic N) is 5. The maximum atomic E-state index is 13.7. The fourth-order valence-electron chi connectivity index (χ4n) is 5.30. The Balaban J connectivity index is 1.34. The minimum absolute atomic E-state index is 0.0523. The Bertz CT molecular complexity index is 1200. The highest BCUT2D eigenvalue weighted by Crippen LogP contribution is 2.45. The molecule has 0 radical (unpaired) electrons. The van der Waals surface area contributed by atoms with Gasteiger partial charge in [-0.1, -0.05) is 11.6 Å². The molecule has 1 aliphatic heterocycles. The van der Waals surface area contributed by atoms with Crippen molar-refractivity contribution >= 4 is 17.3 Å². The molecule has 3 heterocycles. The predicted molar refractivity (Wildman–Crippen MR) is 124 cm³/mol. The number of rotatable bonds is 7. The summed E-state index contributed by atoms with van der Waals surface area (Å²) in [6.07, 6.45) is -0.315. The smallest absolute Gasteiger partial charge is 0.408 e. The highest BCUT2D eigenvalue weighted by Gasteiger charge is 2.43. The van der Waals surface area contributed by atoms with Crippen molar-refractivity contribution in [1.29, 1.82) is 0 Å². The molecule has 0 amide bonds. The molecule has 0 N–H and O–H groups in total. The zero-order chi connectivity index (χ0) is 25.4. The summed E-state index contributed by atoms with van der Waals surface area (Å²) in [6.45, 7) is 0.277. The van der Waals surface area contributed by atoms with E-state index in [0.29, 0.717) is 28.8 Å². The van der Waals surface area contributed by atoms with E-state index in [4.69, 9.17) is 21.1 Å². The Hall–Kier alpha value is -3.08. The average Bonchev–Trinajstić information content (AvgIpc) is 3.26. The van der Waals surface area contributed by atoms with Gasteiger partial charge in [0.25, 0.3) is 0 Å². The van der Waals surface area contributed by atoms with Crippen LogP contribution in [0.1, 0.15) is 18.7 Å². The van der Waals surface area contributed by atoms with E-state index in [9.17, 15) is 17.6 Å². The molecule has 2 aromatic heterocycles. The first-order chi connectivity index (χ1) is 17.2. The Morgan fingerprint density at radius 3 is 2.53 bits per heavy atom. The first kappa shape index (κ1) is 24.6. The Kier molecular flexibility index (Phi) is 6.67. The van der Waals surface area contributed by atoms with Gasteiger partial charge in [-0.2, -0.15) is 23.3 Å². The standard InChI is InChI=1S/C24H24ClF4N5O2/c1-35-22-9-18(4-5-30-22)33-11-14-2-3-15(12-33)20(14)10-21-31-23(34(32-21)13-24(27,28)29)36-19-7-16(25)6-17(26)8-19/h4-9,14-15,20H,2-3,10-13H2,1H3. The molecule has 2 bridgehead atoms. The summed E-state index contributed by atoms with van der Waals surface area (Å²) in [7, 11) is 1.58. The van der Waals surface area contributed by atoms with Gasteiger partial charge < -0.3 is 14.4 Å². The van der Waals surface area contributed by atoms with Gasteiger partial charge in [-0.25, -0.2) is 14.1 Å². The molecule has 2 fully saturated rings. The van der Waals surface area contributed by atoms with Crippen LogP contribution in [0.2, 0.25) is 5.02 Å². The Morgan fingerprint density at radius 2 is 1.86 bits per heavy atom. The molecule has 1 aromatic carbocycles. The zero-order valence-corrected chi connectivity index (χ0v) is 20.1. The molecule has 7 nitrogen and oxygen atoms in total. The summed E-state index contributed by atoms with van der Waals surface area (Å²) in [6, 6.07) is 6.92. The molecule has 12 heteroatoms. The number of halogens is 5. The first-order valence-corrected chi connectivity index (χ1v) is 11.9. The minimum atomic E-state index is -4.53. The number of fused-ring (bicyclic) bond motifs is 2. The van der Waals surface area contributed by atoms with Gasteiger partial charge >= 0.3 is 12.2 Å². The number of ether oxygens (including phenoxy) is 2. The van der Waals surface area contributed by atoms with Gasteiger partial charge in [0.05, 0.1) is 7.11 Å². The van der Waals surface area contributed by atoms with Crippen LogP contribution >= 0.6 is 11.6 Å². The molecule has 3 aromatic rings. The average molecular weight is 526 g/mol. The molecule has 36 heavy (non-hydrogen) atoms. The van der Waals surface area contributed by atoms with Gasteiger partial charge in [0.15, 0.2) is 5.82 Å². The molecule has 2 aliphatic rings. The van der Waals surface area contributed by atoms with Crippen molar-refractivity contribution in [3.05, 3.63) is 53.2 Å². The summed E-state index contributed by atoms with van der Waals surface area (Å²) < 4.78 is 64.7. The van der Waals surface area contributed by atoms with E-state index >= 15 is 0 Å². The second kappa shape index (κ2) is 9.76. The quantitative estimate of drug-likeness (QED) is 0.378. The monoisotopic (exact) mass is 525 g/mol. The van der Waals surface area contributed by atoms with Gasteiger partial charge in [0, 0.05) is 48.5 Å². The number of methoxy groups -OCH3 is 1. The van der Waals surface area contributed by atoms with Crippen molar-refractivity contribution < 1.29 is 27.0 Å². The third-order valence-corrected chi connectivity index (χ3v) is 7.01. The number of benzene rings is 1. The molecule has 0 spiro atoms. The highest BCUT2D eigenvalue weighted by atomic mass is 35.5. The highest BCUT2D eigenvalue weighted by molar-refractivity contribution is 6.30. The SMILES string of the molecule is COc1cc(N2CC3CCC(C2)C3Cc2nc(Oc3cc(F)cc(Cl)c3)n(CC(F)(F)F)n2)ccn1. The van der Waals surface area contributed by atoms with E-state index < -0.39 is 18.5 Å². The number of piperidine rings is 1. The maximum absolute atomic E-state index is 13.7. The lowest BCUT2D eigenvalue weighted by Gasteiger charge is -2.39. The van der Waals surface area contributed by atoms with Gasteiger partial charge in [-0.05, 0) is 48.8 Å². The number of hydrogen-bond acceptors (Lipinski definition) is 6. The fraction of sp³-hybridized carbons (Fsp3) is 0.458. The van der Waals surface area contributed by atoms with Gasteiger partial charge in [-0.15, -0.1) is 0 Å². The molecule has 2 unspecified atom stereocenters. The summed E-state index contributed by atoms with van der Waals surface area (Å²) in [5.41, 5.74) is 1.04. The molecule has 2 atom stereocenters. The van der Waals surface area contributed by atoms with Crippen molar-refractivity contribution in [2.75, 3.05) is 25.1 Å². The second-order valence-electron chi connectivity index (χ2n) is 9.22. The van der Waals surface area contributed by atoms with Crippen molar-refractivity contribution in [2.24, 2.45) is 17.8 Å². The van der Waals surface area contributed by atoms with Crippen molar-refractivity contribution in [1.82, 2.24) is 19.7 Å². The van der Waals surface area contributed by atoms with Crippen molar-refractivity contribution in [3.8, 4) is 17.6 Å².